The Kier molecular flexibility index (Phi) is 5.42. The highest BCUT2D eigenvalue weighted by atomic mass is 35.5. The number of hydrogen-bond acceptors (Lipinski definition) is 3. The number of sulfonamides is 1. The topological polar surface area (TPSA) is 74.8 Å². The molecule has 0 spiro atoms. The number of H-pyrrole nitrogens is 1. The van der Waals surface area contributed by atoms with Gasteiger partial charge in [0.15, 0.2) is 0 Å². The number of rotatable bonds is 7. The number of hydrogen-bond donors (Lipinski definition) is 2. The van der Waals surface area contributed by atoms with Crippen molar-refractivity contribution >= 4 is 21.6 Å². The molecule has 7 heteroatoms. The molecular formula is C10H18ClN3O2S. The number of aryl methyl sites for hydroxylation is 1. The second-order valence-corrected chi connectivity index (χ2v) is 6.08. The number of nitrogens with zero attached hydrogens (tertiary/aromatic N) is 1. The first-order chi connectivity index (χ1) is 8.01. The first-order valence-corrected chi connectivity index (χ1v) is 7.58. The summed E-state index contributed by atoms with van der Waals surface area (Å²) < 4.78 is 26.5. The van der Waals surface area contributed by atoms with Crippen LogP contribution in [0.2, 0.25) is 0 Å². The molecule has 1 aromatic rings. The van der Waals surface area contributed by atoms with Gasteiger partial charge in [-0.25, -0.2) is 13.1 Å². The van der Waals surface area contributed by atoms with Crippen LogP contribution in [0.5, 0.6) is 0 Å². The third-order valence-electron chi connectivity index (χ3n) is 2.73. The zero-order valence-electron chi connectivity index (χ0n) is 10.0. The van der Waals surface area contributed by atoms with Crippen LogP contribution in [0.15, 0.2) is 11.1 Å². The van der Waals surface area contributed by atoms with E-state index < -0.39 is 10.0 Å². The van der Waals surface area contributed by atoms with E-state index in [1.807, 2.05) is 6.92 Å². The summed E-state index contributed by atoms with van der Waals surface area (Å²) in [4.78, 5) is 0.207. The van der Waals surface area contributed by atoms with Crippen molar-refractivity contribution in [2.75, 3.05) is 12.4 Å². The van der Waals surface area contributed by atoms with Gasteiger partial charge in [-0.15, -0.1) is 11.6 Å². The third-order valence-corrected chi connectivity index (χ3v) is 4.49. The molecule has 1 rings (SSSR count). The molecule has 0 aliphatic carbocycles. The fourth-order valence-electron chi connectivity index (χ4n) is 1.52. The minimum Gasteiger partial charge on any atom is -0.281 e. The van der Waals surface area contributed by atoms with Gasteiger partial charge in [0.2, 0.25) is 10.0 Å². The van der Waals surface area contributed by atoms with E-state index >= 15 is 0 Å². The SMILES string of the molecule is CCC(CCCl)CNS(=O)(=O)c1cn[nH]c1C. The Morgan fingerprint density at radius 3 is 2.76 bits per heavy atom. The van der Waals surface area contributed by atoms with Crippen molar-refractivity contribution in [1.82, 2.24) is 14.9 Å². The summed E-state index contributed by atoms with van der Waals surface area (Å²) in [5.74, 6) is 0.819. The molecule has 1 heterocycles. The molecule has 0 radical (unpaired) electrons. The summed E-state index contributed by atoms with van der Waals surface area (Å²) in [6, 6.07) is 0. The van der Waals surface area contributed by atoms with E-state index in [1.165, 1.54) is 6.20 Å². The van der Waals surface area contributed by atoms with Crippen LogP contribution in [0.4, 0.5) is 0 Å². The van der Waals surface area contributed by atoms with Gasteiger partial charge in [-0.2, -0.15) is 5.10 Å². The quantitative estimate of drug-likeness (QED) is 0.745. The van der Waals surface area contributed by atoms with Gasteiger partial charge in [-0.3, -0.25) is 5.10 Å². The van der Waals surface area contributed by atoms with Gasteiger partial charge in [0.05, 0.1) is 11.9 Å². The predicted octanol–water partition coefficient (Wildman–Crippen LogP) is 1.65. The number of halogens is 1. The van der Waals surface area contributed by atoms with E-state index in [0.29, 0.717) is 18.1 Å². The highest BCUT2D eigenvalue weighted by Crippen LogP contribution is 2.13. The highest BCUT2D eigenvalue weighted by Gasteiger charge is 2.19. The summed E-state index contributed by atoms with van der Waals surface area (Å²) in [6.07, 6.45) is 3.03. The molecule has 0 saturated heterocycles. The Labute approximate surface area is 107 Å². The monoisotopic (exact) mass is 279 g/mol. The van der Waals surface area contributed by atoms with Crippen molar-refractivity contribution in [2.45, 2.75) is 31.6 Å². The summed E-state index contributed by atoms with van der Waals surface area (Å²) >= 11 is 5.66. The number of alkyl halides is 1. The van der Waals surface area contributed by atoms with Gasteiger partial charge in [0, 0.05) is 12.4 Å². The molecular weight excluding hydrogens is 262 g/mol. The average molecular weight is 280 g/mol. The van der Waals surface area contributed by atoms with Crippen LogP contribution in [0, 0.1) is 12.8 Å². The van der Waals surface area contributed by atoms with Crippen LogP contribution in [0.25, 0.3) is 0 Å². The molecule has 5 nitrogen and oxygen atoms in total. The van der Waals surface area contributed by atoms with Crippen molar-refractivity contribution < 1.29 is 8.42 Å². The molecule has 1 aromatic heterocycles. The molecule has 17 heavy (non-hydrogen) atoms. The number of nitrogens with one attached hydrogen (secondary N) is 2. The first-order valence-electron chi connectivity index (χ1n) is 5.56. The van der Waals surface area contributed by atoms with Crippen molar-refractivity contribution in [2.24, 2.45) is 5.92 Å². The van der Waals surface area contributed by atoms with Gasteiger partial charge < -0.3 is 0 Å². The van der Waals surface area contributed by atoms with Crippen LogP contribution in [-0.2, 0) is 10.0 Å². The van der Waals surface area contributed by atoms with E-state index in [-0.39, 0.29) is 10.8 Å². The molecule has 0 aliphatic heterocycles. The Morgan fingerprint density at radius 1 is 1.59 bits per heavy atom. The lowest BCUT2D eigenvalue weighted by Crippen LogP contribution is -2.29. The zero-order valence-corrected chi connectivity index (χ0v) is 11.6. The Hall–Kier alpha value is -0.590. The fourth-order valence-corrected chi connectivity index (χ4v) is 3.08. The van der Waals surface area contributed by atoms with Crippen LogP contribution in [-0.4, -0.2) is 31.0 Å². The zero-order chi connectivity index (χ0) is 12.9. The van der Waals surface area contributed by atoms with Crippen LogP contribution in [0.3, 0.4) is 0 Å². The largest absolute Gasteiger partial charge is 0.281 e. The fraction of sp³-hybridized carbons (Fsp3) is 0.700. The predicted molar refractivity (Wildman–Crippen MR) is 67.6 cm³/mol. The molecule has 0 saturated carbocycles. The maximum atomic E-state index is 11.9. The molecule has 0 amide bonds. The maximum Gasteiger partial charge on any atom is 0.243 e. The smallest absolute Gasteiger partial charge is 0.243 e. The van der Waals surface area contributed by atoms with E-state index in [1.54, 1.807) is 6.92 Å². The van der Waals surface area contributed by atoms with Gasteiger partial charge >= 0.3 is 0 Å². The lowest BCUT2D eigenvalue weighted by Gasteiger charge is -2.14. The van der Waals surface area contributed by atoms with Crippen molar-refractivity contribution in [3.05, 3.63) is 11.9 Å². The maximum absolute atomic E-state index is 11.9. The van der Waals surface area contributed by atoms with E-state index in [0.717, 1.165) is 12.8 Å². The van der Waals surface area contributed by atoms with Gasteiger partial charge in [-0.05, 0) is 19.3 Å². The molecule has 0 bridgehead atoms. The lowest BCUT2D eigenvalue weighted by atomic mass is 10.0. The molecule has 0 aromatic carbocycles. The molecule has 0 aliphatic rings. The van der Waals surface area contributed by atoms with Crippen molar-refractivity contribution in [3.8, 4) is 0 Å². The standard InChI is InChI=1S/C10H18ClN3O2S/c1-3-9(4-5-11)6-13-17(15,16)10-7-12-14-8(10)2/h7,9,13H,3-6H2,1-2H3,(H,12,14). The second-order valence-electron chi connectivity index (χ2n) is 3.96. The third kappa shape index (κ3) is 3.97. The van der Waals surface area contributed by atoms with Gasteiger partial charge in [0.25, 0.3) is 0 Å². The molecule has 1 atom stereocenters. The number of aromatic amines is 1. The lowest BCUT2D eigenvalue weighted by molar-refractivity contribution is 0.481. The summed E-state index contributed by atoms with van der Waals surface area (Å²) in [6.45, 7) is 4.11. The minimum atomic E-state index is -3.46. The normalized spacial score (nSPS) is 13.8. The van der Waals surface area contributed by atoms with E-state index in [9.17, 15) is 8.42 Å². The minimum absolute atomic E-state index is 0.207. The Bertz CT molecular complexity index is 444. The van der Waals surface area contributed by atoms with Crippen molar-refractivity contribution in [1.29, 1.82) is 0 Å². The second kappa shape index (κ2) is 6.37. The van der Waals surface area contributed by atoms with Gasteiger partial charge in [-0.1, -0.05) is 13.3 Å². The average Bonchev–Trinajstić information content (AvgIpc) is 2.71. The summed E-state index contributed by atoms with van der Waals surface area (Å²) in [5.41, 5.74) is 0.544. The summed E-state index contributed by atoms with van der Waals surface area (Å²) in [7, 11) is -3.46. The Balaban J connectivity index is 2.65. The van der Waals surface area contributed by atoms with E-state index in [4.69, 9.17) is 11.6 Å². The Morgan fingerprint density at radius 2 is 2.29 bits per heavy atom. The molecule has 1 unspecified atom stereocenters. The van der Waals surface area contributed by atoms with Gasteiger partial charge in [0.1, 0.15) is 4.90 Å². The van der Waals surface area contributed by atoms with Crippen LogP contribution < -0.4 is 4.72 Å². The molecule has 2 N–H and O–H groups in total. The van der Waals surface area contributed by atoms with Crippen molar-refractivity contribution in [3.63, 3.8) is 0 Å². The van der Waals surface area contributed by atoms with Crippen LogP contribution >= 0.6 is 11.6 Å². The molecule has 0 fully saturated rings. The number of aromatic nitrogens is 2. The first kappa shape index (κ1) is 14.5. The van der Waals surface area contributed by atoms with E-state index in [2.05, 4.69) is 14.9 Å². The molecule has 98 valence electrons. The summed E-state index contributed by atoms with van der Waals surface area (Å²) in [5, 5.41) is 6.32. The highest BCUT2D eigenvalue weighted by molar-refractivity contribution is 7.89. The van der Waals surface area contributed by atoms with Crippen LogP contribution in [0.1, 0.15) is 25.5 Å².